The van der Waals surface area contributed by atoms with E-state index in [1.807, 2.05) is 0 Å². The summed E-state index contributed by atoms with van der Waals surface area (Å²) >= 11 is 0. The van der Waals surface area contributed by atoms with Crippen molar-refractivity contribution in [1.29, 1.82) is 0 Å². The van der Waals surface area contributed by atoms with Crippen molar-refractivity contribution in [2.75, 3.05) is 4.90 Å². The first-order valence-corrected chi connectivity index (χ1v) is 16.1. The molecule has 0 amide bonds. The van der Waals surface area contributed by atoms with E-state index in [4.69, 9.17) is 0 Å². The average molecular weight is 600 g/mol. The number of fused-ring (bicyclic) bond motifs is 10. The van der Waals surface area contributed by atoms with Crippen molar-refractivity contribution in [3.05, 3.63) is 176 Å². The lowest BCUT2D eigenvalue weighted by atomic mass is 9.98. The summed E-state index contributed by atoms with van der Waals surface area (Å²) in [7, 11) is 0. The van der Waals surface area contributed by atoms with Crippen molar-refractivity contribution in [1.82, 2.24) is 9.13 Å². The van der Waals surface area contributed by atoms with E-state index in [2.05, 4.69) is 190 Å². The third-order valence-corrected chi connectivity index (χ3v) is 9.65. The van der Waals surface area contributed by atoms with Crippen LogP contribution < -0.4 is 4.90 Å². The molecule has 10 rings (SSSR count). The highest BCUT2D eigenvalue weighted by Gasteiger charge is 2.31. The van der Waals surface area contributed by atoms with Gasteiger partial charge in [-0.05, 0) is 66.7 Å². The zero-order valence-corrected chi connectivity index (χ0v) is 25.6. The van der Waals surface area contributed by atoms with Gasteiger partial charge in [0.2, 0.25) is 0 Å². The van der Waals surface area contributed by atoms with Gasteiger partial charge in [0.1, 0.15) is 0 Å². The maximum absolute atomic E-state index is 2.44. The fourth-order valence-electron chi connectivity index (χ4n) is 7.72. The van der Waals surface area contributed by atoms with Crippen LogP contribution in [0.3, 0.4) is 0 Å². The van der Waals surface area contributed by atoms with Gasteiger partial charge in [0.05, 0.1) is 33.6 Å². The first-order chi connectivity index (χ1) is 23.4. The number of nitrogens with zero attached hydrogens (tertiary/aromatic N) is 3. The lowest BCUT2D eigenvalue weighted by Gasteiger charge is -2.27. The van der Waals surface area contributed by atoms with Gasteiger partial charge in [0, 0.05) is 49.9 Å². The van der Waals surface area contributed by atoms with Gasteiger partial charge in [-0.2, -0.15) is 0 Å². The van der Waals surface area contributed by atoms with Crippen LogP contribution in [0.15, 0.2) is 176 Å². The van der Waals surface area contributed by atoms with Gasteiger partial charge in [0.15, 0.2) is 0 Å². The monoisotopic (exact) mass is 599 g/mol. The van der Waals surface area contributed by atoms with Gasteiger partial charge in [-0.25, -0.2) is 0 Å². The summed E-state index contributed by atoms with van der Waals surface area (Å²) in [5.74, 6) is 0. The second kappa shape index (κ2) is 10.1. The highest BCUT2D eigenvalue weighted by Crippen LogP contribution is 2.54. The minimum absolute atomic E-state index is 1.12. The fourth-order valence-corrected chi connectivity index (χ4v) is 7.72. The molecule has 0 unspecified atom stereocenters. The van der Waals surface area contributed by atoms with Crippen LogP contribution in [0.4, 0.5) is 17.1 Å². The molecule has 2 aromatic heterocycles. The molecule has 9 aromatic rings. The van der Waals surface area contributed by atoms with Crippen LogP contribution in [0.5, 0.6) is 0 Å². The molecule has 7 aromatic carbocycles. The molecular weight excluding hydrogens is 571 g/mol. The van der Waals surface area contributed by atoms with Gasteiger partial charge in [-0.3, -0.25) is 0 Å². The molecule has 47 heavy (non-hydrogen) atoms. The summed E-state index contributed by atoms with van der Waals surface area (Å²) in [6.07, 6.45) is 0. The van der Waals surface area contributed by atoms with Crippen molar-refractivity contribution < 1.29 is 0 Å². The molecule has 3 heterocycles. The highest BCUT2D eigenvalue weighted by molar-refractivity contribution is 6.13. The molecule has 0 fully saturated rings. The molecule has 0 aliphatic carbocycles. The topological polar surface area (TPSA) is 13.1 Å². The maximum Gasteiger partial charge on any atom is 0.0641 e. The standard InChI is InChI=1S/C44H29N3/c1-2-14-30(15-3-1)47-41-24-12-7-19-36(41)43-35-18-6-11-23-40(35)46(42-25-13-8-20-37(42)44(43)47)32-28-26-31(27-29-32)45-38-21-9-4-16-33(38)34-17-5-10-22-39(34)45/h1-29H. The number of rotatable bonds is 3. The third-order valence-electron chi connectivity index (χ3n) is 9.65. The molecule has 3 heteroatoms. The molecule has 0 saturated heterocycles. The number of hydrogen-bond acceptors (Lipinski definition) is 1. The SMILES string of the molecule is c1ccc(-n2c3c(c4ccccc42)-c2ccccc2N(c2ccc(-n4c5ccccc5c5ccccc54)cc2)c2ccccc2-3)cc1. The Morgan fingerprint density at radius 3 is 1.40 bits per heavy atom. The Labute approximate surface area is 272 Å². The Kier molecular flexibility index (Phi) is 5.57. The number of aromatic nitrogens is 2. The molecule has 0 radical (unpaired) electrons. The van der Waals surface area contributed by atoms with Crippen molar-refractivity contribution in [3.8, 4) is 33.8 Å². The van der Waals surface area contributed by atoms with Gasteiger partial charge in [-0.1, -0.05) is 109 Å². The van der Waals surface area contributed by atoms with E-state index in [1.54, 1.807) is 0 Å². The Morgan fingerprint density at radius 2 is 0.745 bits per heavy atom. The predicted octanol–water partition coefficient (Wildman–Crippen LogP) is 11.8. The number of benzene rings is 7. The average Bonchev–Trinajstić information content (AvgIpc) is 3.62. The van der Waals surface area contributed by atoms with Crippen LogP contribution in [0.25, 0.3) is 66.5 Å². The number of anilines is 3. The molecule has 0 bridgehead atoms. The number of para-hydroxylation sites is 6. The lowest BCUT2D eigenvalue weighted by molar-refractivity contribution is 1.13. The van der Waals surface area contributed by atoms with Crippen LogP contribution in [0.1, 0.15) is 0 Å². The summed E-state index contributed by atoms with van der Waals surface area (Å²) in [5.41, 5.74) is 14.3. The molecule has 1 aliphatic rings. The Hall–Kier alpha value is -6.32. The normalized spacial score (nSPS) is 12.2. The molecule has 220 valence electrons. The van der Waals surface area contributed by atoms with Crippen LogP contribution in [0, 0.1) is 0 Å². The number of hydrogen-bond donors (Lipinski definition) is 0. The van der Waals surface area contributed by atoms with E-state index >= 15 is 0 Å². The summed E-state index contributed by atoms with van der Waals surface area (Å²) in [6.45, 7) is 0. The van der Waals surface area contributed by atoms with E-state index in [9.17, 15) is 0 Å². The second-order valence-electron chi connectivity index (χ2n) is 12.2. The highest BCUT2D eigenvalue weighted by atomic mass is 15.2. The van der Waals surface area contributed by atoms with Gasteiger partial charge in [0.25, 0.3) is 0 Å². The molecular formula is C44H29N3. The van der Waals surface area contributed by atoms with Gasteiger partial charge in [-0.15, -0.1) is 0 Å². The minimum Gasteiger partial charge on any atom is -0.309 e. The van der Waals surface area contributed by atoms with E-state index in [0.29, 0.717) is 0 Å². The zero-order chi connectivity index (χ0) is 30.9. The Morgan fingerprint density at radius 1 is 0.298 bits per heavy atom. The quantitative estimate of drug-likeness (QED) is 0.197. The second-order valence-corrected chi connectivity index (χ2v) is 12.2. The molecule has 0 atom stereocenters. The molecule has 0 spiro atoms. The zero-order valence-electron chi connectivity index (χ0n) is 25.6. The van der Waals surface area contributed by atoms with Crippen molar-refractivity contribution in [2.24, 2.45) is 0 Å². The molecule has 0 saturated carbocycles. The fraction of sp³-hybridized carbons (Fsp3) is 0. The van der Waals surface area contributed by atoms with Gasteiger partial charge < -0.3 is 14.0 Å². The first-order valence-electron chi connectivity index (χ1n) is 16.1. The largest absolute Gasteiger partial charge is 0.309 e. The van der Waals surface area contributed by atoms with Crippen molar-refractivity contribution in [2.45, 2.75) is 0 Å². The third kappa shape index (κ3) is 3.74. The van der Waals surface area contributed by atoms with Crippen LogP contribution in [-0.2, 0) is 0 Å². The van der Waals surface area contributed by atoms with E-state index in [0.717, 1.165) is 22.7 Å². The van der Waals surface area contributed by atoms with Crippen LogP contribution in [-0.4, -0.2) is 9.13 Å². The van der Waals surface area contributed by atoms with E-state index < -0.39 is 0 Å². The van der Waals surface area contributed by atoms with E-state index in [1.165, 1.54) is 60.8 Å². The Bertz CT molecular complexity index is 2570. The summed E-state index contributed by atoms with van der Waals surface area (Å²) in [5, 5.41) is 3.79. The molecule has 3 nitrogen and oxygen atoms in total. The van der Waals surface area contributed by atoms with Gasteiger partial charge >= 0.3 is 0 Å². The van der Waals surface area contributed by atoms with Crippen LogP contribution >= 0.6 is 0 Å². The Balaban J connectivity index is 1.22. The van der Waals surface area contributed by atoms with Crippen LogP contribution in [0.2, 0.25) is 0 Å². The first kappa shape index (κ1) is 26.0. The summed E-state index contributed by atoms with van der Waals surface area (Å²) < 4.78 is 4.82. The lowest BCUT2D eigenvalue weighted by Crippen LogP contribution is -2.11. The van der Waals surface area contributed by atoms with Crippen molar-refractivity contribution in [3.63, 3.8) is 0 Å². The minimum atomic E-state index is 1.12. The van der Waals surface area contributed by atoms with Crippen molar-refractivity contribution >= 4 is 49.8 Å². The smallest absolute Gasteiger partial charge is 0.0641 e. The molecule has 0 N–H and O–H groups in total. The summed E-state index contributed by atoms with van der Waals surface area (Å²) in [4.78, 5) is 2.43. The van der Waals surface area contributed by atoms with E-state index in [-0.39, 0.29) is 0 Å². The maximum atomic E-state index is 2.44. The predicted molar refractivity (Wildman–Crippen MR) is 197 cm³/mol. The summed E-state index contributed by atoms with van der Waals surface area (Å²) in [6, 6.07) is 63.7. The molecule has 1 aliphatic heterocycles.